The highest BCUT2D eigenvalue weighted by atomic mass is 16.5. The number of hydrogen-bond acceptors (Lipinski definition) is 5. The average Bonchev–Trinajstić information content (AvgIpc) is 3.30. The Hall–Kier alpha value is -3.12. The van der Waals surface area contributed by atoms with Crippen LogP contribution in [0.15, 0.2) is 59.1 Å². The van der Waals surface area contributed by atoms with Crippen LogP contribution in [0.2, 0.25) is 0 Å². The standard InChI is InChI=1S/C28H35N3O3/c1-21-12-10-11-17-24(21)27(32)31(18-19-33-3)20-25-26(22-13-6-4-7-14-22)29-34-28(25)30(2)23-15-8-5-9-16-23/h4,6-7,10-14,17,23H,5,8-9,15-16,18-20H2,1-3H3. The predicted octanol–water partition coefficient (Wildman–Crippen LogP) is 5.71. The zero-order valence-electron chi connectivity index (χ0n) is 20.5. The second-order valence-corrected chi connectivity index (χ2v) is 9.12. The van der Waals surface area contributed by atoms with Crippen LogP contribution in [0.4, 0.5) is 5.88 Å². The van der Waals surface area contributed by atoms with Gasteiger partial charge in [0.25, 0.3) is 5.91 Å². The van der Waals surface area contributed by atoms with Crippen molar-refractivity contribution in [2.45, 2.75) is 51.6 Å². The minimum atomic E-state index is -0.0124. The lowest BCUT2D eigenvalue weighted by atomic mass is 9.94. The Morgan fingerprint density at radius 1 is 1.06 bits per heavy atom. The molecule has 6 heteroatoms. The fourth-order valence-electron chi connectivity index (χ4n) is 4.81. The maximum absolute atomic E-state index is 13.6. The molecular formula is C28H35N3O3. The van der Waals surface area contributed by atoms with Crippen LogP contribution in [0.25, 0.3) is 11.3 Å². The third kappa shape index (κ3) is 5.33. The number of amides is 1. The van der Waals surface area contributed by atoms with E-state index < -0.39 is 0 Å². The molecule has 1 fully saturated rings. The lowest BCUT2D eigenvalue weighted by Crippen LogP contribution is -2.36. The second-order valence-electron chi connectivity index (χ2n) is 9.12. The molecule has 4 rings (SSSR count). The molecule has 180 valence electrons. The van der Waals surface area contributed by atoms with Gasteiger partial charge in [-0.05, 0) is 31.4 Å². The Morgan fingerprint density at radius 2 is 1.76 bits per heavy atom. The summed E-state index contributed by atoms with van der Waals surface area (Å²) >= 11 is 0. The molecule has 1 aliphatic rings. The quantitative estimate of drug-likeness (QED) is 0.409. The number of aryl methyl sites for hydroxylation is 1. The molecule has 1 saturated carbocycles. The van der Waals surface area contributed by atoms with Crippen LogP contribution in [-0.4, -0.2) is 49.3 Å². The van der Waals surface area contributed by atoms with E-state index in [9.17, 15) is 4.79 Å². The molecule has 0 saturated heterocycles. The zero-order chi connectivity index (χ0) is 23.9. The van der Waals surface area contributed by atoms with Gasteiger partial charge in [-0.25, -0.2) is 0 Å². The maximum atomic E-state index is 13.6. The lowest BCUT2D eigenvalue weighted by molar-refractivity contribution is 0.0680. The van der Waals surface area contributed by atoms with Crippen LogP contribution in [0, 0.1) is 6.92 Å². The monoisotopic (exact) mass is 461 g/mol. The molecule has 0 radical (unpaired) electrons. The number of ether oxygens (including phenoxy) is 1. The topological polar surface area (TPSA) is 58.8 Å². The smallest absolute Gasteiger partial charge is 0.254 e. The van der Waals surface area contributed by atoms with Crippen molar-refractivity contribution in [2.75, 3.05) is 32.2 Å². The molecule has 1 aromatic heterocycles. The summed E-state index contributed by atoms with van der Waals surface area (Å²) in [5, 5.41) is 4.50. The van der Waals surface area contributed by atoms with Gasteiger partial charge in [0, 0.05) is 37.9 Å². The van der Waals surface area contributed by atoms with Crippen LogP contribution in [0.1, 0.15) is 53.6 Å². The zero-order valence-corrected chi connectivity index (χ0v) is 20.5. The van der Waals surface area contributed by atoms with E-state index in [0.29, 0.717) is 31.3 Å². The van der Waals surface area contributed by atoms with E-state index in [0.717, 1.165) is 41.1 Å². The summed E-state index contributed by atoms with van der Waals surface area (Å²) < 4.78 is 11.3. The third-order valence-electron chi connectivity index (χ3n) is 6.83. The van der Waals surface area contributed by atoms with E-state index in [2.05, 4.69) is 17.1 Å². The number of carbonyl (C=O) groups excluding carboxylic acids is 1. The summed E-state index contributed by atoms with van der Waals surface area (Å²) in [7, 11) is 3.75. The molecule has 1 heterocycles. The Bertz CT molecular complexity index is 1070. The fourth-order valence-corrected chi connectivity index (χ4v) is 4.81. The Labute approximate surface area is 202 Å². The van der Waals surface area contributed by atoms with Crippen LogP contribution in [0.5, 0.6) is 0 Å². The summed E-state index contributed by atoms with van der Waals surface area (Å²) in [6, 6.07) is 18.2. The van der Waals surface area contributed by atoms with Crippen molar-refractivity contribution in [3.63, 3.8) is 0 Å². The van der Waals surface area contributed by atoms with Gasteiger partial charge in [-0.2, -0.15) is 0 Å². The van der Waals surface area contributed by atoms with Gasteiger partial charge in [-0.1, -0.05) is 73.0 Å². The number of carbonyl (C=O) groups is 1. The van der Waals surface area contributed by atoms with Gasteiger partial charge in [-0.15, -0.1) is 0 Å². The van der Waals surface area contributed by atoms with Crippen molar-refractivity contribution in [1.29, 1.82) is 0 Å². The first-order chi connectivity index (χ1) is 16.6. The van der Waals surface area contributed by atoms with E-state index in [-0.39, 0.29) is 5.91 Å². The summed E-state index contributed by atoms with van der Waals surface area (Å²) in [4.78, 5) is 17.7. The van der Waals surface area contributed by atoms with E-state index in [4.69, 9.17) is 9.26 Å². The molecule has 0 bridgehead atoms. The number of aromatic nitrogens is 1. The van der Waals surface area contributed by atoms with Crippen molar-refractivity contribution in [2.24, 2.45) is 0 Å². The summed E-state index contributed by atoms with van der Waals surface area (Å²) in [5.74, 6) is 0.743. The first-order valence-electron chi connectivity index (χ1n) is 12.2. The van der Waals surface area contributed by atoms with Gasteiger partial charge in [-0.3, -0.25) is 4.79 Å². The number of hydrogen-bond donors (Lipinski definition) is 0. The van der Waals surface area contributed by atoms with E-state index in [1.807, 2.05) is 66.4 Å². The lowest BCUT2D eigenvalue weighted by Gasteiger charge is -2.32. The van der Waals surface area contributed by atoms with Crippen LogP contribution in [-0.2, 0) is 11.3 Å². The van der Waals surface area contributed by atoms with Gasteiger partial charge in [0.2, 0.25) is 5.88 Å². The van der Waals surface area contributed by atoms with Crippen molar-refractivity contribution < 1.29 is 14.1 Å². The minimum absolute atomic E-state index is 0.0124. The molecule has 0 aliphatic heterocycles. The first kappa shape index (κ1) is 24.0. The van der Waals surface area contributed by atoms with Gasteiger partial charge < -0.3 is 19.1 Å². The highest BCUT2D eigenvalue weighted by Gasteiger charge is 2.29. The molecule has 2 aromatic carbocycles. The van der Waals surface area contributed by atoms with Crippen molar-refractivity contribution in [1.82, 2.24) is 10.1 Å². The second kappa shape index (κ2) is 11.3. The maximum Gasteiger partial charge on any atom is 0.254 e. The largest absolute Gasteiger partial charge is 0.383 e. The summed E-state index contributed by atoms with van der Waals surface area (Å²) in [6.45, 7) is 3.31. The summed E-state index contributed by atoms with van der Waals surface area (Å²) in [6.07, 6.45) is 6.05. The molecule has 34 heavy (non-hydrogen) atoms. The highest BCUT2D eigenvalue weighted by molar-refractivity contribution is 5.95. The van der Waals surface area contributed by atoms with Crippen LogP contribution >= 0.6 is 0 Å². The molecule has 1 aliphatic carbocycles. The minimum Gasteiger partial charge on any atom is -0.383 e. The third-order valence-corrected chi connectivity index (χ3v) is 6.83. The Morgan fingerprint density at radius 3 is 2.47 bits per heavy atom. The van der Waals surface area contributed by atoms with Crippen LogP contribution < -0.4 is 4.90 Å². The van der Waals surface area contributed by atoms with Gasteiger partial charge in [0.05, 0.1) is 18.7 Å². The number of methoxy groups -OCH3 is 1. The molecular weight excluding hydrogens is 426 g/mol. The van der Waals surface area contributed by atoms with Crippen molar-refractivity contribution in [3.8, 4) is 11.3 Å². The predicted molar refractivity (Wildman–Crippen MR) is 135 cm³/mol. The number of rotatable bonds is 9. The molecule has 0 spiro atoms. The molecule has 6 nitrogen and oxygen atoms in total. The van der Waals surface area contributed by atoms with Crippen molar-refractivity contribution >= 4 is 11.8 Å². The molecule has 0 N–H and O–H groups in total. The Kier molecular flexibility index (Phi) is 8.01. The SMILES string of the molecule is COCCN(Cc1c(-c2ccccc2)noc1N(C)C1CCCCC1)C(=O)c1ccccc1C. The van der Waals surface area contributed by atoms with E-state index in [1.54, 1.807) is 7.11 Å². The Balaban J connectivity index is 1.72. The number of anilines is 1. The van der Waals surface area contributed by atoms with Gasteiger partial charge in [0.1, 0.15) is 5.69 Å². The fraction of sp³-hybridized carbons (Fsp3) is 0.429. The molecule has 1 amide bonds. The first-order valence-corrected chi connectivity index (χ1v) is 12.2. The average molecular weight is 462 g/mol. The number of benzene rings is 2. The highest BCUT2D eigenvalue weighted by Crippen LogP contribution is 2.35. The molecule has 0 unspecified atom stereocenters. The van der Waals surface area contributed by atoms with Crippen LogP contribution in [0.3, 0.4) is 0 Å². The van der Waals surface area contributed by atoms with Gasteiger partial charge in [0.15, 0.2) is 0 Å². The number of nitrogens with zero attached hydrogens (tertiary/aromatic N) is 3. The van der Waals surface area contributed by atoms with Gasteiger partial charge >= 0.3 is 0 Å². The normalized spacial score (nSPS) is 14.2. The van der Waals surface area contributed by atoms with E-state index in [1.165, 1.54) is 19.3 Å². The molecule has 3 aromatic rings. The summed E-state index contributed by atoms with van der Waals surface area (Å²) in [5.41, 5.74) is 4.39. The van der Waals surface area contributed by atoms with Crippen molar-refractivity contribution in [3.05, 3.63) is 71.3 Å². The molecule has 0 atom stereocenters. The van der Waals surface area contributed by atoms with E-state index >= 15 is 0 Å².